The minimum absolute atomic E-state index is 0.329. The lowest BCUT2D eigenvalue weighted by Gasteiger charge is -2.04. The van der Waals surface area contributed by atoms with E-state index in [9.17, 15) is 0 Å². The van der Waals surface area contributed by atoms with Gasteiger partial charge >= 0.3 is 0 Å². The zero-order valence-corrected chi connectivity index (χ0v) is 12.5. The molecule has 4 nitrogen and oxygen atoms in total. The number of nitrogens with zero attached hydrogens (tertiary/aromatic N) is 2. The molecule has 0 unspecified atom stereocenters. The Bertz CT molecular complexity index is 758. The van der Waals surface area contributed by atoms with Gasteiger partial charge in [-0.05, 0) is 40.2 Å². The molecule has 0 radical (unpaired) electrons. The quantitative estimate of drug-likeness (QED) is 0.744. The molecule has 0 atom stereocenters. The van der Waals surface area contributed by atoms with Crippen LogP contribution in [0.3, 0.4) is 0 Å². The number of anilines is 1. The van der Waals surface area contributed by atoms with Crippen molar-refractivity contribution in [2.75, 3.05) is 5.73 Å². The number of aromatic nitrogens is 2. The van der Waals surface area contributed by atoms with Crippen LogP contribution in [0.25, 0.3) is 22.5 Å². The molecule has 2 aromatic heterocycles. The van der Waals surface area contributed by atoms with Crippen LogP contribution in [0.4, 0.5) is 5.82 Å². The van der Waals surface area contributed by atoms with Crippen molar-refractivity contribution in [2.24, 2.45) is 0 Å². The van der Waals surface area contributed by atoms with E-state index in [1.165, 1.54) is 0 Å². The van der Waals surface area contributed by atoms with Crippen molar-refractivity contribution in [2.45, 2.75) is 0 Å². The molecule has 0 aliphatic carbocycles. The number of pyridine rings is 1. The van der Waals surface area contributed by atoms with Crippen LogP contribution in [-0.4, -0.2) is 10.1 Å². The number of halogens is 2. The van der Waals surface area contributed by atoms with Crippen LogP contribution in [0.5, 0.6) is 0 Å². The summed E-state index contributed by atoms with van der Waals surface area (Å²) in [6.07, 6.45) is 3.42. The molecule has 2 N–H and O–H groups in total. The molecular weight excluding hydrogens is 342 g/mol. The normalized spacial score (nSPS) is 10.7. The van der Waals surface area contributed by atoms with Crippen LogP contribution >= 0.6 is 27.5 Å². The average molecular weight is 351 g/mol. The fourth-order valence-electron chi connectivity index (χ4n) is 1.95. The Labute approximate surface area is 128 Å². The monoisotopic (exact) mass is 349 g/mol. The highest BCUT2D eigenvalue weighted by molar-refractivity contribution is 9.10. The number of hydrogen-bond donors (Lipinski definition) is 1. The third-order valence-electron chi connectivity index (χ3n) is 2.84. The second-order valence-corrected chi connectivity index (χ2v) is 5.43. The molecular formula is C14H9BrClN3O. The van der Waals surface area contributed by atoms with Gasteiger partial charge in [0.2, 0.25) is 0 Å². The van der Waals surface area contributed by atoms with Gasteiger partial charge in [-0.3, -0.25) is 4.98 Å². The van der Waals surface area contributed by atoms with Gasteiger partial charge in [-0.2, -0.15) is 0 Å². The fraction of sp³-hybridized carbons (Fsp3) is 0. The van der Waals surface area contributed by atoms with Crippen LogP contribution in [0.1, 0.15) is 0 Å². The van der Waals surface area contributed by atoms with Crippen molar-refractivity contribution < 1.29 is 4.52 Å². The largest absolute Gasteiger partial charge is 0.380 e. The van der Waals surface area contributed by atoms with E-state index in [-0.39, 0.29) is 0 Å². The summed E-state index contributed by atoms with van der Waals surface area (Å²) in [5.74, 6) is 0.911. The van der Waals surface area contributed by atoms with Crippen molar-refractivity contribution in [1.82, 2.24) is 10.1 Å². The molecule has 0 saturated heterocycles. The molecule has 0 saturated carbocycles. The summed E-state index contributed by atoms with van der Waals surface area (Å²) in [4.78, 5) is 4.10. The molecule has 6 heteroatoms. The maximum absolute atomic E-state index is 5.96. The number of rotatable bonds is 2. The van der Waals surface area contributed by atoms with Gasteiger partial charge in [0.05, 0.1) is 5.56 Å². The first-order chi connectivity index (χ1) is 9.66. The van der Waals surface area contributed by atoms with Crippen molar-refractivity contribution in [3.8, 4) is 22.5 Å². The second-order valence-electron chi connectivity index (χ2n) is 4.14. The number of nitrogens with two attached hydrogens (primary N) is 1. The number of hydrogen-bond acceptors (Lipinski definition) is 4. The summed E-state index contributed by atoms with van der Waals surface area (Å²) < 4.78 is 6.19. The van der Waals surface area contributed by atoms with Crippen molar-refractivity contribution in [1.29, 1.82) is 0 Å². The zero-order valence-electron chi connectivity index (χ0n) is 10.2. The van der Waals surface area contributed by atoms with E-state index in [0.29, 0.717) is 16.6 Å². The van der Waals surface area contributed by atoms with Crippen LogP contribution in [0, 0.1) is 0 Å². The first-order valence-electron chi connectivity index (χ1n) is 5.78. The van der Waals surface area contributed by atoms with E-state index in [1.807, 2.05) is 18.2 Å². The van der Waals surface area contributed by atoms with E-state index < -0.39 is 0 Å². The van der Waals surface area contributed by atoms with Gasteiger partial charge in [-0.25, -0.2) is 0 Å². The molecule has 2 heterocycles. The molecule has 20 heavy (non-hydrogen) atoms. The predicted molar refractivity (Wildman–Crippen MR) is 82.3 cm³/mol. The smallest absolute Gasteiger partial charge is 0.178 e. The standard InChI is InChI=1S/C14H9BrClN3O/c15-11-6-9(16)3-4-10(11)13-12(14(17)19-20-13)8-2-1-5-18-7-8/h1-7H,(H2,17,19). The molecule has 0 bridgehead atoms. The molecule has 0 aliphatic heterocycles. The SMILES string of the molecule is Nc1noc(-c2ccc(Cl)cc2Br)c1-c1cccnc1. The number of nitrogen functional groups attached to an aromatic ring is 1. The van der Waals surface area contributed by atoms with Crippen molar-refractivity contribution >= 4 is 33.3 Å². The molecule has 0 aliphatic rings. The third-order valence-corrected chi connectivity index (χ3v) is 3.74. The van der Waals surface area contributed by atoms with E-state index in [1.54, 1.807) is 24.5 Å². The summed E-state index contributed by atoms with van der Waals surface area (Å²) >= 11 is 9.43. The lowest BCUT2D eigenvalue weighted by atomic mass is 10.0. The topological polar surface area (TPSA) is 64.9 Å². The molecule has 0 fully saturated rings. The fourth-order valence-corrected chi connectivity index (χ4v) is 2.81. The lowest BCUT2D eigenvalue weighted by Crippen LogP contribution is -1.89. The maximum Gasteiger partial charge on any atom is 0.178 e. The minimum Gasteiger partial charge on any atom is -0.380 e. The molecule has 0 amide bonds. The van der Waals surface area contributed by atoms with Gasteiger partial charge in [-0.1, -0.05) is 22.8 Å². The molecule has 100 valence electrons. The van der Waals surface area contributed by atoms with Gasteiger partial charge in [-0.15, -0.1) is 0 Å². The van der Waals surface area contributed by atoms with E-state index in [0.717, 1.165) is 21.2 Å². The highest BCUT2D eigenvalue weighted by atomic mass is 79.9. The van der Waals surface area contributed by atoms with E-state index in [4.69, 9.17) is 21.9 Å². The number of benzene rings is 1. The Morgan fingerprint density at radius 2 is 2.10 bits per heavy atom. The first kappa shape index (κ1) is 13.1. The van der Waals surface area contributed by atoms with Gasteiger partial charge in [0, 0.05) is 33.0 Å². The maximum atomic E-state index is 5.96. The minimum atomic E-state index is 0.329. The lowest BCUT2D eigenvalue weighted by molar-refractivity contribution is 0.436. The Kier molecular flexibility index (Phi) is 3.46. The van der Waals surface area contributed by atoms with Crippen LogP contribution in [0.15, 0.2) is 51.7 Å². The summed E-state index contributed by atoms with van der Waals surface area (Å²) in [5.41, 5.74) is 8.32. The average Bonchev–Trinajstić information content (AvgIpc) is 2.81. The van der Waals surface area contributed by atoms with E-state index in [2.05, 4.69) is 26.1 Å². The van der Waals surface area contributed by atoms with E-state index >= 15 is 0 Å². The highest BCUT2D eigenvalue weighted by Crippen LogP contribution is 2.39. The highest BCUT2D eigenvalue weighted by Gasteiger charge is 2.19. The van der Waals surface area contributed by atoms with Crippen molar-refractivity contribution in [3.63, 3.8) is 0 Å². The summed E-state index contributed by atoms with van der Waals surface area (Å²) in [5, 5.41) is 4.49. The van der Waals surface area contributed by atoms with Gasteiger partial charge in [0.1, 0.15) is 0 Å². The van der Waals surface area contributed by atoms with Crippen LogP contribution in [0.2, 0.25) is 5.02 Å². The summed E-state index contributed by atoms with van der Waals surface area (Å²) in [6.45, 7) is 0. The Morgan fingerprint density at radius 3 is 2.80 bits per heavy atom. The zero-order chi connectivity index (χ0) is 14.1. The summed E-state index contributed by atoms with van der Waals surface area (Å²) in [6, 6.07) is 9.17. The van der Waals surface area contributed by atoms with Gasteiger partial charge in [0.15, 0.2) is 11.6 Å². The second kappa shape index (κ2) is 5.26. The van der Waals surface area contributed by atoms with Crippen LogP contribution < -0.4 is 5.73 Å². The Hall–Kier alpha value is -1.85. The van der Waals surface area contributed by atoms with Gasteiger partial charge in [0.25, 0.3) is 0 Å². The molecule has 3 aromatic rings. The molecule has 3 rings (SSSR count). The van der Waals surface area contributed by atoms with Crippen molar-refractivity contribution in [3.05, 3.63) is 52.2 Å². The Morgan fingerprint density at radius 1 is 1.25 bits per heavy atom. The van der Waals surface area contributed by atoms with Gasteiger partial charge < -0.3 is 10.3 Å². The summed E-state index contributed by atoms with van der Waals surface area (Å²) in [7, 11) is 0. The van der Waals surface area contributed by atoms with Crippen LogP contribution in [-0.2, 0) is 0 Å². The molecule has 1 aromatic carbocycles. The first-order valence-corrected chi connectivity index (χ1v) is 6.95. The molecule has 0 spiro atoms. The predicted octanol–water partition coefficient (Wildman–Crippen LogP) is 4.40. The third kappa shape index (κ3) is 2.30. The Balaban J connectivity index is 2.21.